The molecule has 0 radical (unpaired) electrons. The Kier molecular flexibility index (Phi) is 10.7. The van der Waals surface area contributed by atoms with E-state index in [2.05, 4.69) is 26.1 Å². The second-order valence-electron chi connectivity index (χ2n) is 10.7. The van der Waals surface area contributed by atoms with Gasteiger partial charge >= 0.3 is 12.0 Å². The summed E-state index contributed by atoms with van der Waals surface area (Å²) >= 11 is 6.65. The van der Waals surface area contributed by atoms with Crippen molar-refractivity contribution >= 4 is 23.6 Å². The molecule has 0 saturated carbocycles. The van der Waals surface area contributed by atoms with Gasteiger partial charge in [0.2, 0.25) is 0 Å². The SMILES string of the molecule is CC(C)(C)CCC1=C(Cl)CC=C([C@H]2NC(=O)N(CCC(=O)O)C=C2C(COCc2ccccc2)ON)C=C1. The number of hydrogen-bond acceptors (Lipinski definition) is 5. The van der Waals surface area contributed by atoms with Crippen molar-refractivity contribution in [1.29, 1.82) is 0 Å². The number of carbonyl (C=O) groups is 2. The molecule has 206 valence electrons. The minimum absolute atomic E-state index is 0.0127. The third-order valence-corrected chi connectivity index (χ3v) is 6.87. The van der Waals surface area contributed by atoms with Gasteiger partial charge in [-0.3, -0.25) is 9.63 Å². The standard InChI is InChI=1S/C29H38ClN3O5/c1-29(2,3)15-13-21-9-10-22(11-12-24(21)30)27-23(17-33(28(36)32-27)16-14-26(34)35)25(38-31)19-37-18-20-7-5-4-6-8-20/h4-11,17,25,27H,12-16,18-19,31H2,1-3H3,(H,32,36)(H,34,35)/t25?,27-/m1/s1. The van der Waals surface area contributed by atoms with Crippen molar-refractivity contribution in [3.8, 4) is 0 Å². The van der Waals surface area contributed by atoms with Crippen molar-refractivity contribution in [2.75, 3.05) is 13.2 Å². The zero-order chi connectivity index (χ0) is 27.7. The molecular weight excluding hydrogens is 506 g/mol. The van der Waals surface area contributed by atoms with Gasteiger partial charge < -0.3 is 20.1 Å². The number of nitrogens with one attached hydrogen (secondary N) is 1. The predicted molar refractivity (Wildman–Crippen MR) is 148 cm³/mol. The molecule has 0 fully saturated rings. The van der Waals surface area contributed by atoms with Gasteiger partial charge in [0.15, 0.2) is 0 Å². The molecule has 2 atom stereocenters. The zero-order valence-electron chi connectivity index (χ0n) is 22.3. The number of rotatable bonds is 12. The number of hydrogen-bond donors (Lipinski definition) is 3. The van der Waals surface area contributed by atoms with Crippen molar-refractivity contribution in [2.45, 2.75) is 65.2 Å². The maximum atomic E-state index is 12.9. The predicted octanol–water partition coefficient (Wildman–Crippen LogP) is 5.42. The molecule has 0 aromatic heterocycles. The summed E-state index contributed by atoms with van der Waals surface area (Å²) in [5.74, 6) is 4.72. The summed E-state index contributed by atoms with van der Waals surface area (Å²) in [5, 5.41) is 12.9. The molecule has 1 heterocycles. The fourth-order valence-corrected chi connectivity index (χ4v) is 4.47. The van der Waals surface area contributed by atoms with E-state index in [1.54, 1.807) is 6.20 Å². The number of ether oxygens (including phenoxy) is 1. The summed E-state index contributed by atoms with van der Waals surface area (Å²) in [7, 11) is 0. The zero-order valence-corrected chi connectivity index (χ0v) is 23.0. The van der Waals surface area contributed by atoms with E-state index < -0.39 is 24.1 Å². The van der Waals surface area contributed by atoms with Crippen molar-refractivity contribution < 1.29 is 24.3 Å². The second-order valence-corrected chi connectivity index (χ2v) is 11.2. The molecule has 0 bridgehead atoms. The largest absolute Gasteiger partial charge is 0.481 e. The molecule has 8 nitrogen and oxygen atoms in total. The Bertz CT molecular complexity index is 1100. The number of nitrogens with two attached hydrogens (primary N) is 1. The maximum absolute atomic E-state index is 12.9. The molecule has 1 aliphatic heterocycles. The Morgan fingerprint density at radius 3 is 2.66 bits per heavy atom. The number of carboxylic acids is 1. The van der Waals surface area contributed by atoms with Crippen LogP contribution < -0.4 is 11.2 Å². The first-order valence-corrected chi connectivity index (χ1v) is 13.2. The lowest BCUT2D eigenvalue weighted by Gasteiger charge is -2.35. The molecule has 1 aromatic carbocycles. The molecule has 1 unspecified atom stereocenters. The highest BCUT2D eigenvalue weighted by atomic mass is 35.5. The molecule has 0 saturated heterocycles. The molecule has 0 spiro atoms. The van der Waals surface area contributed by atoms with E-state index in [9.17, 15) is 9.59 Å². The number of aliphatic carboxylic acids is 1. The van der Waals surface area contributed by atoms with Crippen LogP contribution in [0.5, 0.6) is 0 Å². The summed E-state index contributed by atoms with van der Waals surface area (Å²) in [4.78, 5) is 30.7. The molecule has 1 aromatic rings. The molecular formula is C29H38ClN3O5. The maximum Gasteiger partial charge on any atom is 0.322 e. The smallest absolute Gasteiger partial charge is 0.322 e. The van der Waals surface area contributed by atoms with Crippen LogP contribution in [-0.4, -0.2) is 47.3 Å². The molecule has 4 N–H and O–H groups in total. The summed E-state index contributed by atoms with van der Waals surface area (Å²) in [6, 6.07) is 8.79. The van der Waals surface area contributed by atoms with Crippen molar-refractivity contribution in [2.24, 2.45) is 11.3 Å². The van der Waals surface area contributed by atoms with Gasteiger partial charge in [-0.05, 0) is 35.0 Å². The van der Waals surface area contributed by atoms with Gasteiger partial charge in [0.25, 0.3) is 0 Å². The second kappa shape index (κ2) is 13.8. The van der Waals surface area contributed by atoms with Crippen molar-refractivity contribution in [1.82, 2.24) is 10.2 Å². The van der Waals surface area contributed by atoms with Crippen LogP contribution in [-0.2, 0) is 21.0 Å². The highest BCUT2D eigenvalue weighted by Gasteiger charge is 2.34. The number of urea groups is 1. The average Bonchev–Trinajstić information content (AvgIpc) is 3.06. The lowest BCUT2D eigenvalue weighted by atomic mass is 9.88. The lowest BCUT2D eigenvalue weighted by Crippen LogP contribution is -2.52. The summed E-state index contributed by atoms with van der Waals surface area (Å²) in [6.45, 7) is 7.12. The van der Waals surface area contributed by atoms with Gasteiger partial charge in [0, 0.05) is 29.8 Å². The first-order chi connectivity index (χ1) is 18.1. The minimum atomic E-state index is -0.995. The Balaban J connectivity index is 1.83. The van der Waals surface area contributed by atoms with Crippen molar-refractivity contribution in [3.05, 3.63) is 82.1 Å². The minimum Gasteiger partial charge on any atom is -0.481 e. The third-order valence-electron chi connectivity index (χ3n) is 6.47. The summed E-state index contributed by atoms with van der Waals surface area (Å²) in [5.41, 5.74) is 3.76. The number of amides is 2. The Morgan fingerprint density at radius 2 is 2.00 bits per heavy atom. The fourth-order valence-electron chi connectivity index (χ4n) is 4.24. The van der Waals surface area contributed by atoms with Crippen LogP contribution in [0.1, 0.15) is 52.0 Å². The lowest BCUT2D eigenvalue weighted by molar-refractivity contribution is -0.137. The first kappa shape index (κ1) is 29.6. The number of nitrogens with zero attached hydrogens (tertiary/aromatic N) is 1. The number of halogens is 1. The molecule has 2 aliphatic rings. The van der Waals surface area contributed by atoms with Crippen LogP contribution in [0.4, 0.5) is 4.79 Å². The quantitative estimate of drug-likeness (QED) is 0.303. The van der Waals surface area contributed by atoms with Gasteiger partial charge in [-0.2, -0.15) is 0 Å². The van der Waals surface area contributed by atoms with E-state index in [4.69, 9.17) is 32.2 Å². The number of carbonyl (C=O) groups excluding carboxylic acids is 1. The van der Waals surface area contributed by atoms with E-state index in [0.29, 0.717) is 18.6 Å². The van der Waals surface area contributed by atoms with E-state index >= 15 is 0 Å². The van der Waals surface area contributed by atoms with E-state index in [0.717, 1.165) is 34.6 Å². The van der Waals surface area contributed by atoms with Gasteiger partial charge in [0.1, 0.15) is 6.10 Å². The number of carboxylic acid groups (broad SMARTS) is 1. The molecule has 2 amide bonds. The van der Waals surface area contributed by atoms with E-state index in [1.807, 2.05) is 48.6 Å². The number of allylic oxidation sites excluding steroid dienone is 4. The third kappa shape index (κ3) is 8.84. The fraction of sp³-hybridized carbons (Fsp3) is 0.448. The van der Waals surface area contributed by atoms with Gasteiger partial charge in [-0.1, -0.05) is 80.9 Å². The van der Waals surface area contributed by atoms with Gasteiger partial charge in [-0.25, -0.2) is 10.7 Å². The normalized spacial score (nSPS) is 19.0. The first-order valence-electron chi connectivity index (χ1n) is 12.8. The van der Waals surface area contributed by atoms with Gasteiger partial charge in [-0.15, -0.1) is 0 Å². The summed E-state index contributed by atoms with van der Waals surface area (Å²) < 4.78 is 5.91. The molecule has 38 heavy (non-hydrogen) atoms. The monoisotopic (exact) mass is 543 g/mol. The van der Waals surface area contributed by atoms with Crippen LogP contribution in [0.2, 0.25) is 0 Å². The average molecular weight is 544 g/mol. The Morgan fingerprint density at radius 1 is 1.26 bits per heavy atom. The van der Waals surface area contributed by atoms with Crippen LogP contribution >= 0.6 is 11.6 Å². The van der Waals surface area contributed by atoms with Crippen LogP contribution in [0, 0.1) is 5.41 Å². The highest BCUT2D eigenvalue weighted by Crippen LogP contribution is 2.32. The Hall–Kier alpha value is -2.91. The molecule has 3 rings (SSSR count). The van der Waals surface area contributed by atoms with E-state index in [1.165, 1.54) is 4.90 Å². The van der Waals surface area contributed by atoms with E-state index in [-0.39, 0.29) is 25.0 Å². The molecule has 1 aliphatic carbocycles. The Labute approximate surface area is 229 Å². The number of benzene rings is 1. The van der Waals surface area contributed by atoms with Crippen molar-refractivity contribution in [3.63, 3.8) is 0 Å². The van der Waals surface area contributed by atoms with Crippen LogP contribution in [0.3, 0.4) is 0 Å². The molecule has 9 heteroatoms. The van der Waals surface area contributed by atoms with Crippen LogP contribution in [0.15, 0.2) is 76.5 Å². The summed E-state index contributed by atoms with van der Waals surface area (Å²) in [6.07, 6.45) is 9.10. The van der Waals surface area contributed by atoms with Gasteiger partial charge in [0.05, 0.1) is 25.7 Å². The highest BCUT2D eigenvalue weighted by molar-refractivity contribution is 6.30. The topological polar surface area (TPSA) is 114 Å². The van der Waals surface area contributed by atoms with Crippen LogP contribution in [0.25, 0.3) is 0 Å².